The van der Waals surface area contributed by atoms with Crippen molar-refractivity contribution in [3.05, 3.63) is 59.6 Å². The summed E-state index contributed by atoms with van der Waals surface area (Å²) in [5.74, 6) is 0.734. The number of benzene rings is 1. The molecule has 4 aromatic rings. The van der Waals surface area contributed by atoms with Gasteiger partial charge in [0.2, 0.25) is 11.8 Å². The molecule has 4 rings (SSSR count). The Hall–Kier alpha value is -2.88. The standard InChI is InChI=1S/C18H14F3N5OS/c1-10-3-5-12(6-4-10)16-24-23-15(27-16)11(2)28-17-25-22-14-8-7-13(9-26(14)17)18(19,20)21/h3-9,11H,1-2H3. The second kappa shape index (κ2) is 6.93. The van der Waals surface area contributed by atoms with Crippen LogP contribution in [0.15, 0.2) is 52.2 Å². The molecule has 28 heavy (non-hydrogen) atoms. The van der Waals surface area contributed by atoms with Crippen molar-refractivity contribution in [3.63, 3.8) is 0 Å². The van der Waals surface area contributed by atoms with Crippen LogP contribution in [-0.2, 0) is 6.18 Å². The van der Waals surface area contributed by atoms with Gasteiger partial charge in [-0.15, -0.1) is 20.4 Å². The number of rotatable bonds is 4. The van der Waals surface area contributed by atoms with E-state index in [1.807, 2.05) is 38.1 Å². The summed E-state index contributed by atoms with van der Waals surface area (Å²) >= 11 is 1.19. The van der Waals surface area contributed by atoms with E-state index in [1.165, 1.54) is 22.2 Å². The number of aromatic nitrogens is 5. The van der Waals surface area contributed by atoms with E-state index in [0.717, 1.165) is 23.4 Å². The van der Waals surface area contributed by atoms with E-state index in [9.17, 15) is 13.2 Å². The monoisotopic (exact) mass is 405 g/mol. The van der Waals surface area contributed by atoms with Gasteiger partial charge in [-0.3, -0.25) is 4.40 Å². The fraction of sp³-hybridized carbons (Fsp3) is 0.222. The first-order valence-corrected chi connectivity index (χ1v) is 9.18. The van der Waals surface area contributed by atoms with Crippen molar-refractivity contribution in [1.29, 1.82) is 0 Å². The summed E-state index contributed by atoms with van der Waals surface area (Å²) in [7, 11) is 0. The van der Waals surface area contributed by atoms with Gasteiger partial charge in [0.25, 0.3) is 0 Å². The predicted octanol–water partition coefficient (Wildman–Crippen LogP) is 4.96. The molecule has 3 aromatic heterocycles. The van der Waals surface area contributed by atoms with Crippen LogP contribution in [0.3, 0.4) is 0 Å². The number of pyridine rings is 1. The molecule has 0 aliphatic rings. The van der Waals surface area contributed by atoms with Gasteiger partial charge in [-0.25, -0.2) is 0 Å². The molecule has 0 amide bonds. The van der Waals surface area contributed by atoms with Crippen LogP contribution in [-0.4, -0.2) is 24.8 Å². The summed E-state index contributed by atoms with van der Waals surface area (Å²) in [6.07, 6.45) is -3.46. The molecule has 10 heteroatoms. The second-order valence-electron chi connectivity index (χ2n) is 6.20. The highest BCUT2D eigenvalue weighted by atomic mass is 32.2. The van der Waals surface area contributed by atoms with E-state index < -0.39 is 11.7 Å². The van der Waals surface area contributed by atoms with Gasteiger partial charge in [0, 0.05) is 11.8 Å². The highest BCUT2D eigenvalue weighted by molar-refractivity contribution is 7.99. The second-order valence-corrected chi connectivity index (χ2v) is 7.51. The first kappa shape index (κ1) is 18.5. The van der Waals surface area contributed by atoms with Crippen molar-refractivity contribution < 1.29 is 17.6 Å². The molecular weight excluding hydrogens is 391 g/mol. The SMILES string of the molecule is Cc1ccc(-c2nnc(C(C)Sc3nnc4ccc(C(F)(F)F)cn34)o2)cc1. The Balaban J connectivity index is 1.58. The summed E-state index contributed by atoms with van der Waals surface area (Å²) in [5, 5.41) is 16.0. The van der Waals surface area contributed by atoms with Crippen molar-refractivity contribution in [2.24, 2.45) is 0 Å². The zero-order valence-corrected chi connectivity index (χ0v) is 15.6. The molecule has 0 spiro atoms. The van der Waals surface area contributed by atoms with E-state index in [4.69, 9.17) is 4.42 Å². The Morgan fingerprint density at radius 1 is 1.00 bits per heavy atom. The van der Waals surface area contributed by atoms with E-state index in [2.05, 4.69) is 20.4 Å². The van der Waals surface area contributed by atoms with E-state index in [-0.39, 0.29) is 5.25 Å². The molecule has 0 aliphatic heterocycles. The molecule has 6 nitrogen and oxygen atoms in total. The summed E-state index contributed by atoms with van der Waals surface area (Å²) in [6.45, 7) is 3.79. The van der Waals surface area contributed by atoms with Crippen molar-refractivity contribution in [2.75, 3.05) is 0 Å². The van der Waals surface area contributed by atoms with Gasteiger partial charge in [0.1, 0.15) is 0 Å². The third kappa shape index (κ3) is 3.59. The molecule has 0 aliphatic carbocycles. The maximum Gasteiger partial charge on any atom is 0.417 e. The molecular formula is C18H14F3N5OS. The number of hydrogen-bond acceptors (Lipinski definition) is 6. The summed E-state index contributed by atoms with van der Waals surface area (Å²) in [5.41, 5.74) is 1.47. The smallest absolute Gasteiger partial charge is 0.417 e. The highest BCUT2D eigenvalue weighted by Crippen LogP contribution is 2.35. The van der Waals surface area contributed by atoms with Crippen molar-refractivity contribution in [2.45, 2.75) is 30.4 Å². The molecule has 1 atom stereocenters. The average Bonchev–Trinajstić information content (AvgIpc) is 3.29. The number of fused-ring (bicyclic) bond motifs is 1. The number of halogens is 3. The minimum Gasteiger partial charge on any atom is -0.419 e. The third-order valence-corrected chi connectivity index (χ3v) is 5.11. The lowest BCUT2D eigenvalue weighted by Crippen LogP contribution is -2.06. The van der Waals surface area contributed by atoms with Crippen LogP contribution in [0.5, 0.6) is 0 Å². The van der Waals surface area contributed by atoms with Crippen molar-refractivity contribution in [3.8, 4) is 11.5 Å². The van der Waals surface area contributed by atoms with E-state index in [1.54, 1.807) is 0 Å². The lowest BCUT2D eigenvalue weighted by molar-refractivity contribution is -0.137. The van der Waals surface area contributed by atoms with Gasteiger partial charge >= 0.3 is 6.18 Å². The van der Waals surface area contributed by atoms with Crippen LogP contribution < -0.4 is 0 Å². The quantitative estimate of drug-likeness (QED) is 0.447. The Kier molecular flexibility index (Phi) is 4.58. The minimum absolute atomic E-state index is 0.309. The lowest BCUT2D eigenvalue weighted by atomic mass is 10.1. The fourth-order valence-electron chi connectivity index (χ4n) is 2.54. The fourth-order valence-corrected chi connectivity index (χ4v) is 3.40. The third-order valence-electron chi connectivity index (χ3n) is 4.07. The number of thioether (sulfide) groups is 1. The minimum atomic E-state index is -4.44. The summed E-state index contributed by atoms with van der Waals surface area (Å²) < 4.78 is 46.0. The van der Waals surface area contributed by atoms with Gasteiger partial charge in [-0.2, -0.15) is 13.2 Å². The Morgan fingerprint density at radius 2 is 1.75 bits per heavy atom. The highest BCUT2D eigenvalue weighted by Gasteiger charge is 2.31. The van der Waals surface area contributed by atoms with Crippen LogP contribution in [0.1, 0.15) is 29.2 Å². The lowest BCUT2D eigenvalue weighted by Gasteiger charge is -2.08. The van der Waals surface area contributed by atoms with Gasteiger partial charge in [0.05, 0.1) is 10.8 Å². The van der Waals surface area contributed by atoms with E-state index >= 15 is 0 Å². The van der Waals surface area contributed by atoms with Gasteiger partial charge in [-0.05, 0) is 38.1 Å². The van der Waals surface area contributed by atoms with Gasteiger partial charge in [0.15, 0.2) is 10.8 Å². The Bertz CT molecular complexity index is 1120. The van der Waals surface area contributed by atoms with Crippen LogP contribution >= 0.6 is 11.8 Å². The van der Waals surface area contributed by atoms with Crippen molar-refractivity contribution in [1.82, 2.24) is 24.8 Å². The van der Waals surface area contributed by atoms with Gasteiger partial charge < -0.3 is 4.42 Å². The molecule has 1 aromatic carbocycles. The van der Waals surface area contributed by atoms with E-state index in [0.29, 0.717) is 22.6 Å². The molecule has 0 fully saturated rings. The first-order valence-electron chi connectivity index (χ1n) is 8.30. The molecule has 0 saturated carbocycles. The Morgan fingerprint density at radius 3 is 2.46 bits per heavy atom. The maximum absolute atomic E-state index is 13.0. The summed E-state index contributed by atoms with van der Waals surface area (Å²) in [4.78, 5) is 0. The van der Waals surface area contributed by atoms with Crippen LogP contribution in [0.25, 0.3) is 17.1 Å². The van der Waals surface area contributed by atoms with Crippen molar-refractivity contribution >= 4 is 17.4 Å². The molecule has 0 N–H and O–H groups in total. The van der Waals surface area contributed by atoms with Crippen LogP contribution in [0.4, 0.5) is 13.2 Å². The van der Waals surface area contributed by atoms with Gasteiger partial charge in [-0.1, -0.05) is 29.5 Å². The summed E-state index contributed by atoms with van der Waals surface area (Å²) in [6, 6.07) is 9.92. The molecule has 1 unspecified atom stereocenters. The van der Waals surface area contributed by atoms with Crippen LogP contribution in [0.2, 0.25) is 0 Å². The zero-order chi connectivity index (χ0) is 19.9. The number of alkyl halides is 3. The molecule has 0 bridgehead atoms. The molecule has 144 valence electrons. The largest absolute Gasteiger partial charge is 0.419 e. The maximum atomic E-state index is 13.0. The normalized spacial score (nSPS) is 13.2. The molecule has 0 radical (unpaired) electrons. The average molecular weight is 405 g/mol. The Labute approximate surface area is 161 Å². The first-order chi connectivity index (χ1) is 13.3. The number of hydrogen-bond donors (Lipinski definition) is 0. The van der Waals surface area contributed by atoms with Crippen LogP contribution in [0, 0.1) is 6.92 Å². The topological polar surface area (TPSA) is 69.1 Å². The molecule has 3 heterocycles. The number of aryl methyl sites for hydroxylation is 1. The predicted molar refractivity (Wildman–Crippen MR) is 96.7 cm³/mol. The number of nitrogens with zero attached hydrogens (tertiary/aromatic N) is 5. The molecule has 0 saturated heterocycles. The zero-order valence-electron chi connectivity index (χ0n) is 14.8.